The van der Waals surface area contributed by atoms with Crippen LogP contribution in [-0.4, -0.2) is 40.4 Å². The Kier molecular flexibility index (Phi) is 8.99. The van der Waals surface area contributed by atoms with E-state index in [1.807, 2.05) is 24.3 Å². The van der Waals surface area contributed by atoms with Crippen molar-refractivity contribution < 1.29 is 23.7 Å². The van der Waals surface area contributed by atoms with Gasteiger partial charge >= 0.3 is 0 Å². The van der Waals surface area contributed by atoms with Gasteiger partial charge in [-0.15, -0.1) is 0 Å². The van der Waals surface area contributed by atoms with Crippen molar-refractivity contribution in [3.8, 4) is 29.1 Å². The van der Waals surface area contributed by atoms with Crippen LogP contribution in [0.15, 0.2) is 54.6 Å². The smallest absolute Gasteiger partial charge is 0.261 e. The Labute approximate surface area is 182 Å². The summed E-state index contributed by atoms with van der Waals surface area (Å²) in [7, 11) is 4.67. The number of benzene rings is 2. The number of carbonyl (C=O) groups is 1. The fourth-order valence-corrected chi connectivity index (χ4v) is 2.81. The van der Waals surface area contributed by atoms with E-state index in [0.29, 0.717) is 48.1 Å². The molecule has 0 unspecified atom stereocenters. The zero-order chi connectivity index (χ0) is 22.6. The number of amides is 1. The monoisotopic (exact) mass is 422 g/mol. The minimum absolute atomic E-state index is 0.00544. The van der Waals surface area contributed by atoms with Gasteiger partial charge in [0.15, 0.2) is 23.0 Å². The molecule has 0 aliphatic heterocycles. The van der Waals surface area contributed by atoms with E-state index < -0.39 is 5.91 Å². The fraction of sp³-hybridized carbons (Fsp3) is 0.250. The molecule has 2 aromatic carbocycles. The Hall–Kier alpha value is -3.92. The van der Waals surface area contributed by atoms with Crippen LogP contribution >= 0.6 is 0 Å². The molecule has 162 valence electrons. The summed E-state index contributed by atoms with van der Waals surface area (Å²) in [5.74, 6) is 1.87. The van der Waals surface area contributed by atoms with Gasteiger partial charge in [-0.05, 0) is 47.9 Å². The maximum absolute atomic E-state index is 12.4. The molecule has 0 radical (unpaired) electrons. The summed E-state index contributed by atoms with van der Waals surface area (Å²) < 4.78 is 21.3. The summed E-state index contributed by atoms with van der Waals surface area (Å²) in [5.41, 5.74) is 1.61. The zero-order valence-corrected chi connectivity index (χ0v) is 17.9. The summed E-state index contributed by atoms with van der Waals surface area (Å²) in [6.45, 7) is 4.32. The van der Waals surface area contributed by atoms with Gasteiger partial charge in [-0.3, -0.25) is 4.79 Å². The predicted molar refractivity (Wildman–Crippen MR) is 119 cm³/mol. The first-order valence-corrected chi connectivity index (χ1v) is 9.58. The molecule has 7 nitrogen and oxygen atoms in total. The summed E-state index contributed by atoms with van der Waals surface area (Å²) in [6, 6.07) is 12.7. The highest BCUT2D eigenvalue weighted by Gasteiger charge is 2.11. The molecule has 0 saturated carbocycles. The zero-order valence-electron chi connectivity index (χ0n) is 17.9. The van der Waals surface area contributed by atoms with Gasteiger partial charge in [-0.2, -0.15) is 5.26 Å². The van der Waals surface area contributed by atoms with Gasteiger partial charge < -0.3 is 24.3 Å². The molecule has 1 amide bonds. The molecule has 31 heavy (non-hydrogen) atoms. The second-order valence-corrected chi connectivity index (χ2v) is 6.38. The average molecular weight is 422 g/mol. The summed E-state index contributed by atoms with van der Waals surface area (Å²) in [6.07, 6.45) is 3.72. The maximum atomic E-state index is 12.4. The van der Waals surface area contributed by atoms with Crippen LogP contribution in [0.3, 0.4) is 0 Å². The second kappa shape index (κ2) is 11.9. The third kappa shape index (κ3) is 6.54. The molecular weight excluding hydrogens is 396 g/mol. The lowest BCUT2D eigenvalue weighted by atomic mass is 10.1. The summed E-state index contributed by atoms with van der Waals surface area (Å²) in [5, 5.41) is 12.2. The van der Waals surface area contributed by atoms with Crippen LogP contribution in [-0.2, 0) is 11.2 Å². The van der Waals surface area contributed by atoms with Gasteiger partial charge in [-0.1, -0.05) is 24.8 Å². The summed E-state index contributed by atoms with van der Waals surface area (Å²) >= 11 is 0. The van der Waals surface area contributed by atoms with Gasteiger partial charge in [-0.25, -0.2) is 0 Å². The molecule has 1 N–H and O–H groups in total. The van der Waals surface area contributed by atoms with E-state index >= 15 is 0 Å². The number of nitrogens with zero attached hydrogens (tertiary/aromatic N) is 1. The number of methoxy groups -OCH3 is 3. The number of hydrogen-bond acceptors (Lipinski definition) is 6. The van der Waals surface area contributed by atoms with Crippen molar-refractivity contribution in [2.45, 2.75) is 6.42 Å². The third-order valence-corrected chi connectivity index (χ3v) is 4.37. The van der Waals surface area contributed by atoms with Crippen LogP contribution < -0.4 is 24.3 Å². The predicted octanol–water partition coefficient (Wildman–Crippen LogP) is 3.54. The quantitative estimate of drug-likeness (QED) is 0.338. The van der Waals surface area contributed by atoms with Crippen LogP contribution in [0.5, 0.6) is 23.0 Å². The number of rotatable bonds is 11. The van der Waals surface area contributed by atoms with Crippen molar-refractivity contribution in [1.29, 1.82) is 5.26 Å². The normalized spacial score (nSPS) is 10.6. The highest BCUT2D eigenvalue weighted by molar-refractivity contribution is 6.01. The van der Waals surface area contributed by atoms with Gasteiger partial charge in [0.25, 0.3) is 5.91 Å². The first-order valence-electron chi connectivity index (χ1n) is 9.58. The largest absolute Gasteiger partial charge is 0.493 e. The lowest BCUT2D eigenvalue weighted by molar-refractivity contribution is -0.117. The molecule has 0 aliphatic rings. The molecule has 0 heterocycles. The van der Waals surface area contributed by atoms with Crippen molar-refractivity contribution in [3.05, 3.63) is 65.8 Å². The number of carbonyl (C=O) groups excluding carboxylic acids is 1. The van der Waals surface area contributed by atoms with Gasteiger partial charge in [0.2, 0.25) is 0 Å². The Morgan fingerprint density at radius 2 is 1.71 bits per heavy atom. The number of nitrogens with one attached hydrogen (secondary N) is 1. The first-order chi connectivity index (χ1) is 15.1. The van der Waals surface area contributed by atoms with Crippen LogP contribution in [0.1, 0.15) is 11.1 Å². The van der Waals surface area contributed by atoms with Crippen LogP contribution in [0, 0.1) is 11.3 Å². The molecule has 0 saturated heterocycles. The second-order valence-electron chi connectivity index (χ2n) is 6.38. The van der Waals surface area contributed by atoms with Crippen LogP contribution in [0.25, 0.3) is 6.08 Å². The third-order valence-electron chi connectivity index (χ3n) is 4.37. The molecule has 0 spiro atoms. The molecule has 0 aromatic heterocycles. The fourth-order valence-electron chi connectivity index (χ4n) is 2.81. The van der Waals surface area contributed by atoms with Crippen molar-refractivity contribution in [2.75, 3.05) is 34.5 Å². The highest BCUT2D eigenvalue weighted by Crippen LogP contribution is 2.29. The maximum Gasteiger partial charge on any atom is 0.261 e. The molecular formula is C24H26N2O5. The van der Waals surface area contributed by atoms with Gasteiger partial charge in [0, 0.05) is 6.54 Å². The van der Waals surface area contributed by atoms with Crippen molar-refractivity contribution in [2.24, 2.45) is 0 Å². The topological polar surface area (TPSA) is 89.8 Å². The Morgan fingerprint density at radius 1 is 1.03 bits per heavy atom. The number of hydrogen-bond donors (Lipinski definition) is 1. The van der Waals surface area contributed by atoms with E-state index in [0.717, 1.165) is 5.56 Å². The van der Waals surface area contributed by atoms with E-state index in [-0.39, 0.29) is 5.57 Å². The van der Waals surface area contributed by atoms with E-state index in [4.69, 9.17) is 18.9 Å². The average Bonchev–Trinajstić information content (AvgIpc) is 2.81. The molecule has 0 atom stereocenters. The van der Waals surface area contributed by atoms with E-state index in [2.05, 4.69) is 11.9 Å². The standard InChI is InChI=1S/C24H26N2O5/c1-5-12-31-21-9-7-18(15-23(21)30-4)13-19(16-25)24(27)26-11-10-17-6-8-20(28-2)22(14-17)29-3/h5-9,13-15H,1,10-12H2,2-4H3,(H,26,27)/b19-13+. The van der Waals surface area contributed by atoms with E-state index in [1.165, 1.54) is 13.2 Å². The Bertz CT molecular complexity index is 992. The van der Waals surface area contributed by atoms with E-state index in [1.54, 1.807) is 38.5 Å². The minimum Gasteiger partial charge on any atom is -0.493 e. The van der Waals surface area contributed by atoms with Crippen LogP contribution in [0.4, 0.5) is 0 Å². The molecule has 7 heteroatoms. The number of ether oxygens (including phenoxy) is 4. The molecule has 2 rings (SSSR count). The highest BCUT2D eigenvalue weighted by atomic mass is 16.5. The van der Waals surface area contributed by atoms with Crippen molar-refractivity contribution in [1.82, 2.24) is 5.32 Å². The Balaban J connectivity index is 2.04. The van der Waals surface area contributed by atoms with Gasteiger partial charge in [0.05, 0.1) is 21.3 Å². The first kappa shape index (κ1) is 23.4. The van der Waals surface area contributed by atoms with Crippen molar-refractivity contribution in [3.63, 3.8) is 0 Å². The number of nitriles is 1. The SMILES string of the molecule is C=CCOc1ccc(/C=C(\C#N)C(=O)NCCc2ccc(OC)c(OC)c2)cc1OC. The Morgan fingerprint density at radius 3 is 2.35 bits per heavy atom. The van der Waals surface area contributed by atoms with Crippen LogP contribution in [0.2, 0.25) is 0 Å². The lowest BCUT2D eigenvalue weighted by Gasteiger charge is -2.10. The molecule has 0 aliphatic carbocycles. The van der Waals surface area contributed by atoms with Gasteiger partial charge in [0.1, 0.15) is 18.2 Å². The van der Waals surface area contributed by atoms with E-state index in [9.17, 15) is 10.1 Å². The summed E-state index contributed by atoms with van der Waals surface area (Å²) in [4.78, 5) is 12.4. The molecule has 0 fully saturated rings. The lowest BCUT2D eigenvalue weighted by Crippen LogP contribution is -2.26. The molecule has 2 aromatic rings. The minimum atomic E-state index is -0.450. The van der Waals surface area contributed by atoms with Crippen molar-refractivity contribution >= 4 is 12.0 Å². The molecule has 0 bridgehead atoms.